The number of hydrogen-bond donors (Lipinski definition) is 2. The number of rotatable bonds is 4. The average molecular weight is 404 g/mol. The Morgan fingerprint density at radius 1 is 1.21 bits per heavy atom. The summed E-state index contributed by atoms with van der Waals surface area (Å²) in [4.78, 5) is 3.17. The summed E-state index contributed by atoms with van der Waals surface area (Å²) in [5, 5.41) is 10.6. The van der Waals surface area contributed by atoms with Crippen LogP contribution in [0.2, 0.25) is 0 Å². The van der Waals surface area contributed by atoms with Gasteiger partial charge < -0.3 is 4.98 Å². The first-order valence-electron chi connectivity index (χ1n) is 7.15. The second-order valence-corrected chi connectivity index (χ2v) is 7.62. The molecule has 0 aliphatic carbocycles. The van der Waals surface area contributed by atoms with E-state index >= 15 is 0 Å². The van der Waals surface area contributed by atoms with E-state index in [9.17, 15) is 13.7 Å². The second kappa shape index (κ2) is 6.30. The molecule has 0 amide bonds. The highest BCUT2D eigenvalue weighted by Crippen LogP contribution is 2.30. The van der Waals surface area contributed by atoms with Crippen molar-refractivity contribution in [1.29, 1.82) is 5.26 Å². The van der Waals surface area contributed by atoms with Crippen LogP contribution in [0.25, 0.3) is 10.9 Å². The molecular weight excluding hydrogens is 390 g/mol. The van der Waals surface area contributed by atoms with Crippen molar-refractivity contribution in [2.45, 2.75) is 17.1 Å². The monoisotopic (exact) mass is 403 g/mol. The van der Waals surface area contributed by atoms with Crippen molar-refractivity contribution in [3.8, 4) is 6.07 Å². The summed E-state index contributed by atoms with van der Waals surface area (Å²) in [5.74, 6) is 0. The van der Waals surface area contributed by atoms with Gasteiger partial charge in [-0.3, -0.25) is 4.72 Å². The maximum Gasteiger partial charge on any atom is 0.261 e. The minimum Gasteiger partial charge on any atom is -0.358 e. The summed E-state index contributed by atoms with van der Waals surface area (Å²) in [6, 6.07) is 12.3. The van der Waals surface area contributed by atoms with E-state index < -0.39 is 10.0 Å². The second-order valence-electron chi connectivity index (χ2n) is 5.38. The molecule has 0 unspecified atom stereocenters. The van der Waals surface area contributed by atoms with Gasteiger partial charge in [0.05, 0.1) is 21.7 Å². The predicted molar refractivity (Wildman–Crippen MR) is 97.6 cm³/mol. The minimum absolute atomic E-state index is 0.188. The van der Waals surface area contributed by atoms with E-state index in [1.165, 1.54) is 0 Å². The van der Waals surface area contributed by atoms with Gasteiger partial charge in [-0.1, -0.05) is 34.1 Å². The molecular formula is C17H14BrN3O2S. The van der Waals surface area contributed by atoms with Crippen molar-refractivity contribution in [2.75, 3.05) is 4.72 Å². The SMILES string of the molecule is Cc1ccc(NS(=O)(=O)c2ccc(CBr)cc2)c2[nH]cc(C#N)c12. The maximum absolute atomic E-state index is 12.6. The fourth-order valence-electron chi connectivity index (χ4n) is 2.55. The zero-order valence-electron chi connectivity index (χ0n) is 12.8. The number of nitriles is 1. The molecule has 3 aromatic rings. The van der Waals surface area contributed by atoms with Crippen LogP contribution in [-0.4, -0.2) is 13.4 Å². The van der Waals surface area contributed by atoms with E-state index in [2.05, 4.69) is 31.7 Å². The maximum atomic E-state index is 12.6. The van der Waals surface area contributed by atoms with Crippen LogP contribution in [0.1, 0.15) is 16.7 Å². The Morgan fingerprint density at radius 3 is 2.54 bits per heavy atom. The molecule has 0 radical (unpaired) electrons. The van der Waals surface area contributed by atoms with Gasteiger partial charge in [-0.05, 0) is 36.2 Å². The van der Waals surface area contributed by atoms with Crippen LogP contribution in [-0.2, 0) is 15.4 Å². The lowest BCUT2D eigenvalue weighted by atomic mass is 10.1. The molecule has 1 heterocycles. The molecule has 2 N–H and O–H groups in total. The normalized spacial score (nSPS) is 11.4. The number of anilines is 1. The Bertz CT molecular complexity index is 1050. The molecule has 3 rings (SSSR count). The number of fused-ring (bicyclic) bond motifs is 1. The standard InChI is InChI=1S/C17H14BrN3O2S/c1-11-2-7-15(17-16(11)13(9-19)10-20-17)21-24(22,23)14-5-3-12(8-18)4-6-14/h2-7,10,20-21H,8H2,1H3. The number of hydrogen-bond acceptors (Lipinski definition) is 3. The van der Waals surface area contributed by atoms with Crippen LogP contribution in [0.3, 0.4) is 0 Å². The van der Waals surface area contributed by atoms with Crippen LogP contribution in [0.5, 0.6) is 0 Å². The van der Waals surface area contributed by atoms with Gasteiger partial charge >= 0.3 is 0 Å². The molecule has 0 saturated carbocycles. The number of aromatic nitrogens is 1. The van der Waals surface area contributed by atoms with E-state index in [0.29, 0.717) is 22.1 Å². The lowest BCUT2D eigenvalue weighted by molar-refractivity contribution is 0.601. The van der Waals surface area contributed by atoms with Gasteiger partial charge in [0, 0.05) is 16.9 Å². The summed E-state index contributed by atoms with van der Waals surface area (Å²) in [6.07, 6.45) is 1.58. The summed E-state index contributed by atoms with van der Waals surface area (Å²) >= 11 is 3.33. The quantitative estimate of drug-likeness (QED) is 0.644. The van der Waals surface area contributed by atoms with E-state index in [-0.39, 0.29) is 4.90 Å². The van der Waals surface area contributed by atoms with E-state index in [1.807, 2.05) is 6.92 Å². The van der Waals surface area contributed by atoms with Crippen molar-refractivity contribution in [2.24, 2.45) is 0 Å². The van der Waals surface area contributed by atoms with Gasteiger partial charge in [-0.25, -0.2) is 8.42 Å². The highest BCUT2D eigenvalue weighted by molar-refractivity contribution is 9.08. The molecule has 122 valence electrons. The predicted octanol–water partition coefficient (Wildman–Crippen LogP) is 4.04. The third kappa shape index (κ3) is 2.90. The third-order valence-corrected chi connectivity index (χ3v) is 5.83. The molecule has 0 saturated heterocycles. The molecule has 1 aromatic heterocycles. The van der Waals surface area contributed by atoms with Gasteiger partial charge in [0.25, 0.3) is 10.0 Å². The van der Waals surface area contributed by atoms with Crippen LogP contribution in [0.15, 0.2) is 47.5 Å². The Balaban J connectivity index is 2.04. The van der Waals surface area contributed by atoms with Gasteiger partial charge in [0.1, 0.15) is 6.07 Å². The molecule has 24 heavy (non-hydrogen) atoms. The zero-order chi connectivity index (χ0) is 17.3. The van der Waals surface area contributed by atoms with Crippen LogP contribution in [0.4, 0.5) is 5.69 Å². The van der Waals surface area contributed by atoms with Crippen molar-refractivity contribution in [3.05, 3.63) is 59.3 Å². The first-order chi connectivity index (χ1) is 11.5. The number of halogens is 1. The largest absolute Gasteiger partial charge is 0.358 e. The lowest BCUT2D eigenvalue weighted by Gasteiger charge is -2.10. The smallest absolute Gasteiger partial charge is 0.261 e. The van der Waals surface area contributed by atoms with Crippen LogP contribution >= 0.6 is 15.9 Å². The van der Waals surface area contributed by atoms with Crippen LogP contribution < -0.4 is 4.72 Å². The van der Waals surface area contributed by atoms with E-state index in [0.717, 1.165) is 16.5 Å². The van der Waals surface area contributed by atoms with E-state index in [4.69, 9.17) is 0 Å². The first kappa shape index (κ1) is 16.6. The molecule has 0 spiro atoms. The highest BCUT2D eigenvalue weighted by atomic mass is 79.9. The number of nitrogens with zero attached hydrogens (tertiary/aromatic N) is 1. The average Bonchev–Trinajstić information content (AvgIpc) is 3.02. The first-order valence-corrected chi connectivity index (χ1v) is 9.75. The third-order valence-electron chi connectivity index (χ3n) is 3.80. The number of nitrogens with one attached hydrogen (secondary N) is 2. The zero-order valence-corrected chi connectivity index (χ0v) is 15.2. The fourth-order valence-corrected chi connectivity index (χ4v) is 4.00. The number of benzene rings is 2. The molecule has 0 aliphatic rings. The van der Waals surface area contributed by atoms with E-state index in [1.54, 1.807) is 42.6 Å². The molecule has 0 bridgehead atoms. The van der Waals surface area contributed by atoms with Crippen molar-refractivity contribution in [3.63, 3.8) is 0 Å². The number of alkyl halides is 1. The Hall–Kier alpha value is -2.30. The van der Waals surface area contributed by atoms with Crippen molar-refractivity contribution < 1.29 is 8.42 Å². The van der Waals surface area contributed by atoms with Crippen LogP contribution in [0, 0.1) is 18.3 Å². The summed E-state index contributed by atoms with van der Waals surface area (Å²) in [7, 11) is -3.71. The van der Waals surface area contributed by atoms with Gasteiger partial charge in [0.15, 0.2) is 0 Å². The summed E-state index contributed by atoms with van der Waals surface area (Å²) in [5.41, 5.74) is 3.42. The van der Waals surface area contributed by atoms with Gasteiger partial charge in [-0.2, -0.15) is 5.26 Å². The number of aryl methyl sites for hydroxylation is 1. The fraction of sp³-hybridized carbons (Fsp3) is 0.118. The number of aromatic amines is 1. The molecule has 0 aliphatic heterocycles. The highest BCUT2D eigenvalue weighted by Gasteiger charge is 2.17. The van der Waals surface area contributed by atoms with Gasteiger partial charge in [-0.15, -0.1) is 0 Å². The summed E-state index contributed by atoms with van der Waals surface area (Å²) < 4.78 is 27.8. The van der Waals surface area contributed by atoms with Gasteiger partial charge in [0.2, 0.25) is 0 Å². The molecule has 2 aromatic carbocycles. The van der Waals surface area contributed by atoms with Crippen molar-refractivity contribution in [1.82, 2.24) is 4.98 Å². The van der Waals surface area contributed by atoms with Crippen molar-refractivity contribution >= 4 is 42.5 Å². The summed E-state index contributed by atoms with van der Waals surface area (Å²) in [6.45, 7) is 1.88. The Morgan fingerprint density at radius 2 is 1.92 bits per heavy atom. The lowest BCUT2D eigenvalue weighted by Crippen LogP contribution is -2.13. The molecule has 0 atom stereocenters. The minimum atomic E-state index is -3.71. The topological polar surface area (TPSA) is 85.8 Å². The Labute approximate surface area is 148 Å². The number of sulfonamides is 1. The Kier molecular flexibility index (Phi) is 4.35. The molecule has 0 fully saturated rings. The molecule has 5 nitrogen and oxygen atoms in total. The molecule has 7 heteroatoms. The number of H-pyrrole nitrogens is 1.